The van der Waals surface area contributed by atoms with Crippen molar-refractivity contribution in [3.8, 4) is 0 Å². The number of nitrogens with one attached hydrogen (secondary N) is 1. The molecule has 154 valence electrons. The maximum Gasteiger partial charge on any atom is 0.194 e. The molecule has 0 saturated carbocycles. The van der Waals surface area contributed by atoms with Gasteiger partial charge in [-0.25, -0.2) is 4.98 Å². The summed E-state index contributed by atoms with van der Waals surface area (Å²) in [6.45, 7) is 5.70. The second kappa shape index (κ2) is 10.7. The van der Waals surface area contributed by atoms with Gasteiger partial charge in [0.15, 0.2) is 5.96 Å². The maximum absolute atomic E-state index is 4.66. The summed E-state index contributed by atoms with van der Waals surface area (Å²) in [6.07, 6.45) is 3.95. The van der Waals surface area contributed by atoms with Crippen LogP contribution in [-0.2, 0) is 20.1 Å². The van der Waals surface area contributed by atoms with Crippen molar-refractivity contribution < 1.29 is 0 Å². The highest BCUT2D eigenvalue weighted by Gasteiger charge is 2.18. The number of nitrogens with zero attached hydrogens (tertiary/aromatic N) is 6. The van der Waals surface area contributed by atoms with Crippen molar-refractivity contribution in [1.82, 2.24) is 24.7 Å². The number of piperazine rings is 1. The third kappa shape index (κ3) is 5.60. The minimum absolute atomic E-state index is 0. The molecule has 3 heterocycles. The van der Waals surface area contributed by atoms with Crippen LogP contribution < -0.4 is 10.2 Å². The predicted molar refractivity (Wildman–Crippen MR) is 126 cm³/mol. The van der Waals surface area contributed by atoms with Gasteiger partial charge >= 0.3 is 0 Å². The molecule has 8 heteroatoms. The van der Waals surface area contributed by atoms with Crippen LogP contribution in [0.25, 0.3) is 0 Å². The quantitative estimate of drug-likeness (QED) is 0.389. The number of halogens is 1. The van der Waals surface area contributed by atoms with Crippen molar-refractivity contribution >= 4 is 35.8 Å². The van der Waals surface area contributed by atoms with Gasteiger partial charge in [-0.15, -0.1) is 24.0 Å². The zero-order valence-corrected chi connectivity index (χ0v) is 19.6. The van der Waals surface area contributed by atoms with Crippen LogP contribution in [0.1, 0.15) is 11.3 Å². The van der Waals surface area contributed by atoms with Crippen molar-refractivity contribution in [1.29, 1.82) is 0 Å². The van der Waals surface area contributed by atoms with E-state index in [0.717, 1.165) is 44.5 Å². The van der Waals surface area contributed by atoms with Gasteiger partial charge in [-0.05, 0) is 25.2 Å². The Balaban J connectivity index is 0.00000280. The molecule has 1 N–H and O–H groups in total. The first-order valence-corrected chi connectivity index (χ1v) is 9.48. The molecule has 0 amide bonds. The summed E-state index contributed by atoms with van der Waals surface area (Å²) in [5, 5.41) is 3.50. The molecule has 2 aromatic heterocycles. The first-order valence-electron chi connectivity index (χ1n) is 9.48. The summed E-state index contributed by atoms with van der Waals surface area (Å²) in [5.41, 5.74) is 2.45. The van der Waals surface area contributed by atoms with E-state index in [9.17, 15) is 0 Å². The van der Waals surface area contributed by atoms with Crippen LogP contribution in [0.5, 0.6) is 0 Å². The van der Waals surface area contributed by atoms with Crippen LogP contribution in [0.3, 0.4) is 0 Å². The van der Waals surface area contributed by atoms with Crippen molar-refractivity contribution in [2.75, 3.05) is 52.2 Å². The second-order valence-electron chi connectivity index (χ2n) is 7.14. The minimum Gasteiger partial charge on any atom is -0.354 e. The smallest absolute Gasteiger partial charge is 0.194 e. The van der Waals surface area contributed by atoms with Crippen LogP contribution in [0.4, 0.5) is 5.82 Å². The molecule has 1 saturated heterocycles. The summed E-state index contributed by atoms with van der Waals surface area (Å²) in [7, 11) is 8.13. The highest BCUT2D eigenvalue weighted by Crippen LogP contribution is 2.18. The molecular weight excluding hydrogens is 465 g/mol. The van der Waals surface area contributed by atoms with E-state index in [-0.39, 0.29) is 24.0 Å². The van der Waals surface area contributed by atoms with Crippen molar-refractivity contribution in [2.45, 2.75) is 13.1 Å². The number of guanidine groups is 1. The molecule has 1 fully saturated rings. The Bertz CT molecular complexity index is 765. The number of anilines is 1. The number of hydrogen-bond donors (Lipinski definition) is 1. The van der Waals surface area contributed by atoms with E-state index >= 15 is 0 Å². The van der Waals surface area contributed by atoms with Gasteiger partial charge in [0, 0.05) is 77.5 Å². The number of likely N-dealkylation sites (N-methyl/N-ethyl adjacent to an activating group) is 1. The Kier molecular flexibility index (Phi) is 8.56. The molecule has 0 radical (unpaired) electrons. The van der Waals surface area contributed by atoms with Crippen molar-refractivity contribution in [3.05, 3.63) is 47.9 Å². The molecule has 7 nitrogen and oxygen atoms in total. The van der Waals surface area contributed by atoms with Gasteiger partial charge in [0.25, 0.3) is 0 Å². The number of pyridine rings is 1. The summed E-state index contributed by atoms with van der Waals surface area (Å²) in [5.74, 6) is 1.96. The summed E-state index contributed by atoms with van der Waals surface area (Å²) < 4.78 is 2.14. The maximum atomic E-state index is 4.66. The molecule has 0 aromatic carbocycles. The Labute approximate surface area is 185 Å². The Hall–Kier alpha value is -1.81. The van der Waals surface area contributed by atoms with Gasteiger partial charge < -0.3 is 24.6 Å². The first-order chi connectivity index (χ1) is 13.1. The molecule has 0 spiro atoms. The fourth-order valence-corrected chi connectivity index (χ4v) is 3.41. The first kappa shape index (κ1) is 22.5. The van der Waals surface area contributed by atoms with E-state index in [2.05, 4.69) is 80.1 Å². The summed E-state index contributed by atoms with van der Waals surface area (Å²) in [4.78, 5) is 16.0. The molecule has 2 aromatic rings. The van der Waals surface area contributed by atoms with Crippen molar-refractivity contribution in [3.63, 3.8) is 0 Å². The highest BCUT2D eigenvalue weighted by molar-refractivity contribution is 14.0. The van der Waals surface area contributed by atoms with Crippen molar-refractivity contribution in [2.24, 2.45) is 12.0 Å². The largest absolute Gasteiger partial charge is 0.354 e. The number of aromatic nitrogens is 2. The van der Waals surface area contributed by atoms with Gasteiger partial charge in [0.2, 0.25) is 0 Å². The van der Waals surface area contributed by atoms with E-state index in [4.69, 9.17) is 0 Å². The molecule has 0 aliphatic carbocycles. The van der Waals surface area contributed by atoms with E-state index < -0.39 is 0 Å². The molecular formula is C20H32IN7. The molecule has 1 aliphatic heterocycles. The average molecular weight is 497 g/mol. The van der Waals surface area contributed by atoms with Gasteiger partial charge in [0.05, 0.1) is 6.54 Å². The van der Waals surface area contributed by atoms with Crippen LogP contribution >= 0.6 is 24.0 Å². The van der Waals surface area contributed by atoms with Gasteiger partial charge in [0.1, 0.15) is 5.82 Å². The highest BCUT2D eigenvalue weighted by atomic mass is 127. The molecule has 1 aliphatic rings. The topological polar surface area (TPSA) is 51.9 Å². The third-order valence-electron chi connectivity index (χ3n) is 5.13. The predicted octanol–water partition coefficient (Wildman–Crippen LogP) is 2.00. The minimum atomic E-state index is 0. The van der Waals surface area contributed by atoms with Crippen LogP contribution in [-0.4, -0.2) is 72.6 Å². The lowest BCUT2D eigenvalue weighted by Gasteiger charge is -2.34. The molecule has 0 atom stereocenters. The summed E-state index contributed by atoms with van der Waals surface area (Å²) in [6, 6.07) is 8.36. The Morgan fingerprint density at radius 2 is 1.93 bits per heavy atom. The lowest BCUT2D eigenvalue weighted by Crippen LogP contribution is -2.45. The molecule has 28 heavy (non-hydrogen) atoms. The lowest BCUT2D eigenvalue weighted by atomic mass is 10.2. The monoisotopic (exact) mass is 497 g/mol. The van der Waals surface area contributed by atoms with Gasteiger partial charge in [-0.3, -0.25) is 4.99 Å². The zero-order chi connectivity index (χ0) is 19.2. The average Bonchev–Trinajstić information content (AvgIpc) is 3.08. The number of aliphatic imine (C=N–C) groups is 1. The van der Waals surface area contributed by atoms with Crippen LogP contribution in [0.15, 0.2) is 41.7 Å². The number of hydrogen-bond acceptors (Lipinski definition) is 4. The number of rotatable bonds is 5. The molecule has 0 unspecified atom stereocenters. The van der Waals surface area contributed by atoms with E-state index in [1.807, 2.05) is 19.3 Å². The van der Waals surface area contributed by atoms with E-state index in [1.165, 1.54) is 11.3 Å². The Morgan fingerprint density at radius 1 is 1.18 bits per heavy atom. The summed E-state index contributed by atoms with van der Waals surface area (Å²) >= 11 is 0. The van der Waals surface area contributed by atoms with E-state index in [1.54, 1.807) is 0 Å². The molecule has 3 rings (SSSR count). The van der Waals surface area contributed by atoms with Gasteiger partial charge in [-0.2, -0.15) is 0 Å². The SMILES string of the molecule is CN=C(NCc1cccnc1N1CCN(C)CC1)N(C)Cc1cccn1C.I. The fraction of sp³-hybridized carbons (Fsp3) is 0.500. The number of aryl methyl sites for hydroxylation is 1. The van der Waals surface area contributed by atoms with Crippen LogP contribution in [0.2, 0.25) is 0 Å². The zero-order valence-electron chi connectivity index (χ0n) is 17.3. The van der Waals surface area contributed by atoms with Crippen LogP contribution in [0, 0.1) is 0 Å². The standard InChI is InChI=1S/C20H31N7.HI/c1-21-20(26(4)16-18-8-6-10-25(18)3)23-15-17-7-5-9-22-19(17)27-13-11-24(2)12-14-27;/h5-10H,11-16H2,1-4H3,(H,21,23);1H. The second-order valence-corrected chi connectivity index (χ2v) is 7.14. The third-order valence-corrected chi connectivity index (χ3v) is 5.13. The molecule has 0 bridgehead atoms. The lowest BCUT2D eigenvalue weighted by molar-refractivity contribution is 0.311. The normalized spacial score (nSPS) is 15.3. The fourth-order valence-electron chi connectivity index (χ4n) is 3.41. The van der Waals surface area contributed by atoms with Gasteiger partial charge in [-0.1, -0.05) is 6.07 Å². The Morgan fingerprint density at radius 3 is 2.57 bits per heavy atom. The van der Waals surface area contributed by atoms with E-state index in [0.29, 0.717) is 6.54 Å².